The van der Waals surface area contributed by atoms with E-state index in [1.807, 2.05) is 6.07 Å². The number of aromatic nitrogens is 2. The molecular formula is C40H30N2S. The van der Waals surface area contributed by atoms with Gasteiger partial charge in [-0.05, 0) is 58.4 Å². The Hall–Kier alpha value is -4.60. The fourth-order valence-electron chi connectivity index (χ4n) is 7.78. The van der Waals surface area contributed by atoms with E-state index in [9.17, 15) is 0 Å². The highest BCUT2D eigenvalue weighted by atomic mass is 32.1. The van der Waals surface area contributed by atoms with E-state index in [-0.39, 0.29) is 5.41 Å². The summed E-state index contributed by atoms with van der Waals surface area (Å²) in [5, 5.41) is 1.19. The number of rotatable bonds is 3. The molecule has 7 aromatic rings. The average Bonchev–Trinajstić information content (AvgIpc) is 3.59. The van der Waals surface area contributed by atoms with Gasteiger partial charge in [-0.1, -0.05) is 128 Å². The molecule has 43 heavy (non-hydrogen) atoms. The van der Waals surface area contributed by atoms with Gasteiger partial charge in [0.15, 0.2) is 5.82 Å². The van der Waals surface area contributed by atoms with Crippen LogP contribution in [0.25, 0.3) is 65.2 Å². The van der Waals surface area contributed by atoms with Crippen molar-refractivity contribution in [1.82, 2.24) is 9.97 Å². The van der Waals surface area contributed by atoms with Gasteiger partial charge in [0.05, 0.1) is 15.9 Å². The summed E-state index contributed by atoms with van der Waals surface area (Å²) in [5.74, 6) is 0.769. The SMILES string of the molecule is c1ccc(-c2nc(-c3cccc(-c4cccc5c4-c4ccccc4C54CCCCC4)c3)c3sc4ccccc4c3n2)cc1. The Kier molecular flexibility index (Phi) is 5.64. The Balaban J connectivity index is 1.26. The van der Waals surface area contributed by atoms with Gasteiger partial charge >= 0.3 is 0 Å². The molecule has 1 spiro atoms. The Labute approximate surface area is 255 Å². The molecule has 3 heteroatoms. The second kappa shape index (κ2) is 9.72. The zero-order chi connectivity index (χ0) is 28.4. The summed E-state index contributed by atoms with van der Waals surface area (Å²) in [7, 11) is 0. The second-order valence-corrected chi connectivity index (χ2v) is 13.1. The summed E-state index contributed by atoms with van der Waals surface area (Å²) >= 11 is 1.79. The number of hydrogen-bond acceptors (Lipinski definition) is 3. The van der Waals surface area contributed by atoms with Gasteiger partial charge in [0.1, 0.15) is 0 Å². The highest BCUT2D eigenvalue weighted by Crippen LogP contribution is 2.57. The quantitative estimate of drug-likeness (QED) is 0.211. The molecule has 2 nitrogen and oxygen atoms in total. The summed E-state index contributed by atoms with van der Waals surface area (Å²) in [5.41, 5.74) is 12.8. The average molecular weight is 571 g/mol. The number of benzene rings is 5. The number of nitrogens with zero attached hydrogens (tertiary/aromatic N) is 2. The zero-order valence-electron chi connectivity index (χ0n) is 23.9. The minimum Gasteiger partial charge on any atom is -0.226 e. The molecule has 0 N–H and O–H groups in total. The Morgan fingerprint density at radius 1 is 0.558 bits per heavy atom. The van der Waals surface area contributed by atoms with Crippen molar-refractivity contribution in [2.24, 2.45) is 0 Å². The molecule has 2 aliphatic carbocycles. The lowest BCUT2D eigenvalue weighted by Crippen LogP contribution is -2.27. The van der Waals surface area contributed by atoms with E-state index in [2.05, 4.69) is 115 Å². The van der Waals surface area contributed by atoms with Crippen molar-refractivity contribution in [2.45, 2.75) is 37.5 Å². The van der Waals surface area contributed by atoms with Gasteiger partial charge < -0.3 is 0 Å². The van der Waals surface area contributed by atoms with Gasteiger partial charge in [-0.2, -0.15) is 0 Å². The Bertz CT molecular complexity index is 2170. The van der Waals surface area contributed by atoms with Gasteiger partial charge in [-0.15, -0.1) is 11.3 Å². The molecular weight excluding hydrogens is 541 g/mol. The number of hydrogen-bond donors (Lipinski definition) is 0. The molecule has 0 aliphatic heterocycles. The maximum Gasteiger partial charge on any atom is 0.160 e. The molecule has 5 aromatic carbocycles. The van der Waals surface area contributed by atoms with Crippen molar-refractivity contribution >= 4 is 31.6 Å². The maximum atomic E-state index is 5.25. The molecule has 0 radical (unpaired) electrons. The van der Waals surface area contributed by atoms with Crippen LogP contribution in [0.4, 0.5) is 0 Å². The smallest absolute Gasteiger partial charge is 0.160 e. The van der Waals surface area contributed by atoms with Gasteiger partial charge in [0.2, 0.25) is 0 Å². The lowest BCUT2D eigenvalue weighted by Gasteiger charge is -2.36. The molecule has 0 amide bonds. The molecule has 2 heterocycles. The standard InChI is InChI=1S/C40H30N2S/c1-3-13-26(14-4-1)39-41-36(38-37(42-39)31-18-6-8-22-34(31)43-38)28-16-11-15-27(25-28)29-19-12-21-33-35(29)30-17-5-7-20-32(30)40(33)23-9-2-10-24-40/h1,3-8,11-22,25H,2,9-10,23-24H2. The van der Waals surface area contributed by atoms with E-state index >= 15 is 0 Å². The predicted octanol–water partition coefficient (Wildman–Crippen LogP) is 11.1. The van der Waals surface area contributed by atoms with E-state index in [4.69, 9.17) is 9.97 Å². The molecule has 2 aromatic heterocycles. The first-order chi connectivity index (χ1) is 21.3. The predicted molar refractivity (Wildman–Crippen MR) is 181 cm³/mol. The normalized spacial score (nSPS) is 15.2. The van der Waals surface area contributed by atoms with Crippen LogP contribution in [0.15, 0.2) is 121 Å². The molecule has 0 bridgehead atoms. The first kappa shape index (κ1) is 24.9. The molecule has 2 aliphatic rings. The van der Waals surface area contributed by atoms with Crippen molar-refractivity contribution in [2.75, 3.05) is 0 Å². The molecule has 0 saturated heterocycles. The highest BCUT2D eigenvalue weighted by Gasteiger charge is 2.44. The summed E-state index contributed by atoms with van der Waals surface area (Å²) < 4.78 is 2.38. The monoisotopic (exact) mass is 570 g/mol. The highest BCUT2D eigenvalue weighted by molar-refractivity contribution is 7.26. The minimum absolute atomic E-state index is 0.151. The Morgan fingerprint density at radius 3 is 2.16 bits per heavy atom. The zero-order valence-corrected chi connectivity index (χ0v) is 24.7. The fourth-order valence-corrected chi connectivity index (χ4v) is 8.93. The van der Waals surface area contributed by atoms with Crippen molar-refractivity contribution in [3.8, 4) is 44.9 Å². The third-order valence-electron chi connectivity index (χ3n) is 9.70. The largest absolute Gasteiger partial charge is 0.226 e. The lowest BCUT2D eigenvalue weighted by atomic mass is 9.68. The van der Waals surface area contributed by atoms with Crippen molar-refractivity contribution in [1.29, 1.82) is 0 Å². The first-order valence-electron chi connectivity index (χ1n) is 15.4. The fraction of sp³-hybridized carbons (Fsp3) is 0.150. The third kappa shape index (κ3) is 3.78. The summed E-state index contributed by atoms with van der Waals surface area (Å²) in [6.45, 7) is 0. The van der Waals surface area contributed by atoms with Crippen molar-refractivity contribution < 1.29 is 0 Å². The van der Waals surface area contributed by atoms with Crippen LogP contribution < -0.4 is 0 Å². The second-order valence-electron chi connectivity index (χ2n) is 12.0. The molecule has 206 valence electrons. The number of thiophene rings is 1. The van der Waals surface area contributed by atoms with Crippen LogP contribution in [0.1, 0.15) is 43.2 Å². The van der Waals surface area contributed by atoms with Crippen LogP contribution in [-0.2, 0) is 5.41 Å². The van der Waals surface area contributed by atoms with Gasteiger partial charge in [0.25, 0.3) is 0 Å². The summed E-state index contributed by atoms with van der Waals surface area (Å²) in [6.07, 6.45) is 6.44. The summed E-state index contributed by atoms with van der Waals surface area (Å²) in [6, 6.07) is 44.2. The van der Waals surface area contributed by atoms with Gasteiger partial charge in [-0.3, -0.25) is 0 Å². The van der Waals surface area contributed by atoms with E-state index in [1.165, 1.54) is 75.6 Å². The molecule has 1 saturated carbocycles. The Morgan fingerprint density at radius 2 is 1.26 bits per heavy atom. The van der Waals surface area contributed by atoms with E-state index < -0.39 is 0 Å². The topological polar surface area (TPSA) is 25.8 Å². The van der Waals surface area contributed by atoms with E-state index in [0.29, 0.717) is 0 Å². The lowest BCUT2D eigenvalue weighted by molar-refractivity contribution is 0.353. The van der Waals surface area contributed by atoms with Crippen molar-refractivity contribution in [3.63, 3.8) is 0 Å². The van der Waals surface area contributed by atoms with Crippen molar-refractivity contribution in [3.05, 3.63) is 132 Å². The van der Waals surface area contributed by atoms with Gasteiger partial charge in [-0.25, -0.2) is 9.97 Å². The third-order valence-corrected chi connectivity index (χ3v) is 10.9. The van der Waals surface area contributed by atoms with Crippen LogP contribution in [0.2, 0.25) is 0 Å². The molecule has 0 atom stereocenters. The van der Waals surface area contributed by atoms with Crippen LogP contribution in [-0.4, -0.2) is 9.97 Å². The van der Waals surface area contributed by atoms with E-state index in [0.717, 1.165) is 32.9 Å². The molecule has 1 fully saturated rings. The molecule has 0 unspecified atom stereocenters. The molecule has 9 rings (SSSR count). The maximum absolute atomic E-state index is 5.25. The van der Waals surface area contributed by atoms with Crippen LogP contribution in [0.3, 0.4) is 0 Å². The van der Waals surface area contributed by atoms with Gasteiger partial charge in [0, 0.05) is 26.6 Å². The van der Waals surface area contributed by atoms with Crippen LogP contribution >= 0.6 is 11.3 Å². The van der Waals surface area contributed by atoms with Crippen LogP contribution in [0.5, 0.6) is 0 Å². The summed E-state index contributed by atoms with van der Waals surface area (Å²) in [4.78, 5) is 10.4. The first-order valence-corrected chi connectivity index (χ1v) is 16.2. The minimum atomic E-state index is 0.151. The number of fused-ring (bicyclic) bond motifs is 8. The van der Waals surface area contributed by atoms with E-state index in [1.54, 1.807) is 11.3 Å². The van der Waals surface area contributed by atoms with Crippen LogP contribution in [0, 0.1) is 0 Å².